The van der Waals surface area contributed by atoms with E-state index in [9.17, 15) is 0 Å². The van der Waals surface area contributed by atoms with Crippen LogP contribution in [0.2, 0.25) is 0 Å². The molecule has 1 aliphatic heterocycles. The zero-order valence-corrected chi connectivity index (χ0v) is 9.50. The third-order valence-corrected chi connectivity index (χ3v) is 3.05. The highest BCUT2D eigenvalue weighted by Gasteiger charge is 2.09. The molecule has 0 spiro atoms. The van der Waals surface area contributed by atoms with E-state index >= 15 is 0 Å². The Hall–Kier alpha value is -0.860. The van der Waals surface area contributed by atoms with E-state index in [1.807, 2.05) is 0 Å². The Balaban J connectivity index is 1.91. The van der Waals surface area contributed by atoms with Gasteiger partial charge >= 0.3 is 0 Å². The first-order valence-corrected chi connectivity index (χ1v) is 5.89. The van der Waals surface area contributed by atoms with Crippen molar-refractivity contribution in [3.05, 3.63) is 35.4 Å². The molecule has 1 fully saturated rings. The molecule has 0 unspecified atom stereocenters. The number of hydrogen-bond donors (Lipinski definition) is 1. The first-order valence-electron chi connectivity index (χ1n) is 5.89. The molecule has 0 atom stereocenters. The summed E-state index contributed by atoms with van der Waals surface area (Å²) in [4.78, 5) is 2.51. The Morgan fingerprint density at radius 3 is 2.27 bits per heavy atom. The highest BCUT2D eigenvalue weighted by atomic mass is 15.2. The smallest absolute Gasteiger partial charge is 0.0234 e. The van der Waals surface area contributed by atoms with Crippen LogP contribution >= 0.6 is 0 Å². The van der Waals surface area contributed by atoms with Crippen molar-refractivity contribution < 1.29 is 0 Å². The molecule has 1 N–H and O–H groups in total. The van der Waals surface area contributed by atoms with Gasteiger partial charge < -0.3 is 5.32 Å². The molecule has 0 radical (unpaired) electrons. The maximum Gasteiger partial charge on any atom is 0.0234 e. The van der Waals surface area contributed by atoms with Gasteiger partial charge in [0, 0.05) is 32.7 Å². The maximum absolute atomic E-state index is 3.38. The Morgan fingerprint density at radius 1 is 1.07 bits per heavy atom. The lowest BCUT2D eigenvalue weighted by atomic mass is 10.1. The molecule has 2 rings (SSSR count). The van der Waals surface area contributed by atoms with Crippen LogP contribution in [0.15, 0.2) is 24.3 Å². The molecule has 1 aliphatic rings. The minimum Gasteiger partial charge on any atom is -0.314 e. The molecule has 2 heteroatoms. The molecule has 1 aromatic rings. The van der Waals surface area contributed by atoms with Gasteiger partial charge in [0.1, 0.15) is 0 Å². The molecule has 15 heavy (non-hydrogen) atoms. The van der Waals surface area contributed by atoms with Gasteiger partial charge in [-0.05, 0) is 17.5 Å². The number of piperazine rings is 1. The van der Waals surface area contributed by atoms with Crippen molar-refractivity contribution in [2.75, 3.05) is 26.2 Å². The van der Waals surface area contributed by atoms with Crippen LogP contribution in [0.5, 0.6) is 0 Å². The normalized spacial score (nSPS) is 17.9. The minimum absolute atomic E-state index is 1.10. The van der Waals surface area contributed by atoms with Crippen molar-refractivity contribution in [3.63, 3.8) is 0 Å². The van der Waals surface area contributed by atoms with Crippen molar-refractivity contribution in [2.45, 2.75) is 19.9 Å². The number of hydrogen-bond acceptors (Lipinski definition) is 2. The third kappa shape index (κ3) is 3.05. The quantitative estimate of drug-likeness (QED) is 0.805. The van der Waals surface area contributed by atoms with Gasteiger partial charge in [-0.15, -0.1) is 0 Å². The van der Waals surface area contributed by atoms with Gasteiger partial charge in [0.25, 0.3) is 0 Å². The number of aryl methyl sites for hydroxylation is 1. The predicted octanol–water partition coefficient (Wildman–Crippen LogP) is 1.65. The molecular formula is C13H20N2. The van der Waals surface area contributed by atoms with Gasteiger partial charge in [-0.25, -0.2) is 0 Å². The number of rotatable bonds is 3. The first-order chi connectivity index (χ1) is 7.38. The minimum atomic E-state index is 1.10. The van der Waals surface area contributed by atoms with E-state index in [1.54, 1.807) is 0 Å². The Labute approximate surface area is 92.3 Å². The fourth-order valence-corrected chi connectivity index (χ4v) is 2.01. The zero-order chi connectivity index (χ0) is 10.5. The molecule has 0 aliphatic carbocycles. The average molecular weight is 204 g/mol. The third-order valence-electron chi connectivity index (χ3n) is 3.05. The second-order valence-electron chi connectivity index (χ2n) is 4.20. The molecule has 0 saturated carbocycles. The zero-order valence-electron chi connectivity index (χ0n) is 9.50. The second-order valence-corrected chi connectivity index (χ2v) is 4.20. The van der Waals surface area contributed by atoms with Crippen molar-refractivity contribution in [3.8, 4) is 0 Å². The van der Waals surface area contributed by atoms with Crippen LogP contribution in [-0.4, -0.2) is 31.1 Å². The fourth-order valence-electron chi connectivity index (χ4n) is 2.01. The Kier molecular flexibility index (Phi) is 3.75. The number of benzene rings is 1. The van der Waals surface area contributed by atoms with Crippen molar-refractivity contribution in [1.82, 2.24) is 10.2 Å². The van der Waals surface area contributed by atoms with Crippen molar-refractivity contribution >= 4 is 0 Å². The highest BCUT2D eigenvalue weighted by molar-refractivity contribution is 5.22. The van der Waals surface area contributed by atoms with Gasteiger partial charge in [-0.1, -0.05) is 31.2 Å². The maximum atomic E-state index is 3.38. The van der Waals surface area contributed by atoms with Crippen LogP contribution in [0.1, 0.15) is 18.1 Å². The molecule has 2 nitrogen and oxygen atoms in total. The summed E-state index contributed by atoms with van der Waals surface area (Å²) in [6.45, 7) is 7.92. The number of nitrogens with one attached hydrogen (secondary N) is 1. The standard InChI is InChI=1S/C13H20N2/c1-2-12-3-5-13(6-4-12)11-15-9-7-14-8-10-15/h3-6,14H,2,7-11H2,1H3. The van der Waals surface area contributed by atoms with Gasteiger partial charge in [0.15, 0.2) is 0 Å². The Bertz CT molecular complexity index is 286. The van der Waals surface area contributed by atoms with E-state index in [4.69, 9.17) is 0 Å². The van der Waals surface area contributed by atoms with E-state index < -0.39 is 0 Å². The lowest BCUT2D eigenvalue weighted by Crippen LogP contribution is -2.42. The molecule has 1 heterocycles. The van der Waals surface area contributed by atoms with Gasteiger partial charge in [-0.2, -0.15) is 0 Å². The van der Waals surface area contributed by atoms with E-state index in [-0.39, 0.29) is 0 Å². The van der Waals surface area contributed by atoms with Gasteiger partial charge in [0.2, 0.25) is 0 Å². The summed E-state index contributed by atoms with van der Waals surface area (Å²) in [6.07, 6.45) is 1.13. The van der Waals surface area contributed by atoms with Gasteiger partial charge in [-0.3, -0.25) is 4.90 Å². The molecule has 0 amide bonds. The van der Waals surface area contributed by atoms with Crippen LogP contribution in [-0.2, 0) is 13.0 Å². The van der Waals surface area contributed by atoms with Crippen molar-refractivity contribution in [2.24, 2.45) is 0 Å². The lowest BCUT2D eigenvalue weighted by molar-refractivity contribution is 0.233. The molecule has 82 valence electrons. The first kappa shape index (κ1) is 10.7. The summed E-state index contributed by atoms with van der Waals surface area (Å²) in [5, 5.41) is 3.38. The summed E-state index contributed by atoms with van der Waals surface area (Å²) in [5.41, 5.74) is 2.87. The molecule has 0 bridgehead atoms. The number of nitrogens with zero attached hydrogens (tertiary/aromatic N) is 1. The second kappa shape index (κ2) is 5.29. The van der Waals surface area contributed by atoms with Crippen LogP contribution < -0.4 is 5.32 Å². The van der Waals surface area contributed by atoms with Crippen LogP contribution in [0.3, 0.4) is 0 Å². The predicted molar refractivity (Wildman–Crippen MR) is 64.0 cm³/mol. The molecule has 1 aromatic carbocycles. The van der Waals surface area contributed by atoms with Crippen molar-refractivity contribution in [1.29, 1.82) is 0 Å². The van der Waals surface area contributed by atoms with Gasteiger partial charge in [0.05, 0.1) is 0 Å². The molecule has 0 aromatic heterocycles. The Morgan fingerprint density at radius 2 is 1.67 bits per heavy atom. The summed E-state index contributed by atoms with van der Waals surface area (Å²) in [7, 11) is 0. The van der Waals surface area contributed by atoms with E-state index in [2.05, 4.69) is 41.4 Å². The molecular weight excluding hydrogens is 184 g/mol. The monoisotopic (exact) mass is 204 g/mol. The average Bonchev–Trinajstić information content (AvgIpc) is 2.31. The van der Waals surface area contributed by atoms with Crippen LogP contribution in [0, 0.1) is 0 Å². The summed E-state index contributed by atoms with van der Waals surface area (Å²) >= 11 is 0. The SMILES string of the molecule is CCc1ccc(CN2CCNCC2)cc1. The fraction of sp³-hybridized carbons (Fsp3) is 0.538. The summed E-state index contributed by atoms with van der Waals surface area (Å²) < 4.78 is 0. The van der Waals surface area contributed by atoms with Crippen LogP contribution in [0.25, 0.3) is 0 Å². The highest BCUT2D eigenvalue weighted by Crippen LogP contribution is 2.08. The largest absolute Gasteiger partial charge is 0.314 e. The lowest BCUT2D eigenvalue weighted by Gasteiger charge is -2.27. The summed E-state index contributed by atoms with van der Waals surface area (Å²) in [5.74, 6) is 0. The summed E-state index contributed by atoms with van der Waals surface area (Å²) in [6, 6.07) is 9.02. The van der Waals surface area contributed by atoms with E-state index in [0.29, 0.717) is 0 Å². The topological polar surface area (TPSA) is 15.3 Å². The van der Waals surface area contributed by atoms with E-state index in [1.165, 1.54) is 24.2 Å². The molecule has 1 saturated heterocycles. The van der Waals surface area contributed by atoms with E-state index in [0.717, 1.165) is 26.1 Å². The van der Waals surface area contributed by atoms with Crippen LogP contribution in [0.4, 0.5) is 0 Å².